The van der Waals surface area contributed by atoms with Crippen molar-refractivity contribution in [2.45, 2.75) is 26.9 Å². The first-order valence-corrected chi connectivity index (χ1v) is 6.82. The second-order valence-corrected chi connectivity index (χ2v) is 4.56. The Bertz CT molecular complexity index is 642. The Morgan fingerprint density at radius 3 is 2.82 bits per heavy atom. The van der Waals surface area contributed by atoms with Crippen molar-refractivity contribution >= 4 is 11.7 Å². The fourth-order valence-electron chi connectivity index (χ4n) is 1.72. The lowest BCUT2D eigenvalue weighted by Gasteiger charge is -2.08. The van der Waals surface area contributed by atoms with E-state index in [2.05, 4.69) is 20.4 Å². The molecule has 1 amide bonds. The SMILES string of the molecule is CCc1nc(COC)cc(OCC(=O)Nc2cc(C)on2)n1. The zero-order chi connectivity index (χ0) is 15.9. The minimum Gasteiger partial charge on any atom is -0.467 e. The Kier molecular flexibility index (Phi) is 5.42. The maximum absolute atomic E-state index is 11.8. The molecule has 0 saturated heterocycles. The van der Waals surface area contributed by atoms with Crippen LogP contribution in [0.2, 0.25) is 0 Å². The molecule has 0 saturated carbocycles. The van der Waals surface area contributed by atoms with Gasteiger partial charge in [-0.1, -0.05) is 12.1 Å². The molecule has 0 bridgehead atoms. The third-order valence-corrected chi connectivity index (χ3v) is 2.66. The van der Waals surface area contributed by atoms with Gasteiger partial charge in [0.1, 0.15) is 11.6 Å². The topological polar surface area (TPSA) is 99.4 Å². The zero-order valence-corrected chi connectivity index (χ0v) is 12.8. The van der Waals surface area contributed by atoms with E-state index in [1.807, 2.05) is 6.92 Å². The van der Waals surface area contributed by atoms with Gasteiger partial charge in [-0.25, -0.2) is 4.98 Å². The lowest BCUT2D eigenvalue weighted by molar-refractivity contribution is -0.118. The minimum atomic E-state index is -0.349. The molecule has 0 aliphatic rings. The van der Waals surface area contributed by atoms with Gasteiger partial charge in [0, 0.05) is 25.7 Å². The Morgan fingerprint density at radius 1 is 1.36 bits per heavy atom. The number of hydrogen-bond acceptors (Lipinski definition) is 7. The molecule has 1 N–H and O–H groups in total. The molecule has 0 radical (unpaired) electrons. The van der Waals surface area contributed by atoms with Crippen LogP contribution in [0.1, 0.15) is 24.2 Å². The number of nitrogens with one attached hydrogen (secondary N) is 1. The molecule has 0 spiro atoms. The number of aromatic nitrogens is 3. The van der Waals surface area contributed by atoms with Crippen LogP contribution in [-0.4, -0.2) is 34.7 Å². The molecule has 22 heavy (non-hydrogen) atoms. The number of ether oxygens (including phenoxy) is 2. The van der Waals surface area contributed by atoms with Crippen LogP contribution in [-0.2, 0) is 22.6 Å². The average Bonchev–Trinajstić information content (AvgIpc) is 2.90. The highest BCUT2D eigenvalue weighted by Crippen LogP contribution is 2.11. The third kappa shape index (κ3) is 4.52. The average molecular weight is 306 g/mol. The predicted molar refractivity (Wildman–Crippen MR) is 77.5 cm³/mol. The molecule has 2 aromatic heterocycles. The number of hydrogen-bond donors (Lipinski definition) is 1. The van der Waals surface area contributed by atoms with Crippen molar-refractivity contribution in [2.75, 3.05) is 19.0 Å². The van der Waals surface area contributed by atoms with Gasteiger partial charge >= 0.3 is 0 Å². The van der Waals surface area contributed by atoms with Gasteiger partial charge in [-0.05, 0) is 6.92 Å². The maximum atomic E-state index is 11.8. The van der Waals surface area contributed by atoms with Crippen LogP contribution in [0, 0.1) is 6.92 Å². The normalized spacial score (nSPS) is 10.5. The van der Waals surface area contributed by atoms with E-state index in [0.29, 0.717) is 42.0 Å². The first kappa shape index (κ1) is 15.9. The molecule has 2 rings (SSSR count). The number of carbonyl (C=O) groups excluding carboxylic acids is 1. The predicted octanol–water partition coefficient (Wildman–Crippen LogP) is 1.50. The van der Waals surface area contributed by atoms with E-state index >= 15 is 0 Å². The number of aryl methyl sites for hydroxylation is 2. The van der Waals surface area contributed by atoms with E-state index in [1.54, 1.807) is 26.2 Å². The van der Waals surface area contributed by atoms with Crippen molar-refractivity contribution in [3.05, 3.63) is 29.4 Å². The number of nitrogens with zero attached hydrogens (tertiary/aromatic N) is 3. The molecule has 0 atom stereocenters. The monoisotopic (exact) mass is 306 g/mol. The summed E-state index contributed by atoms with van der Waals surface area (Å²) in [7, 11) is 1.58. The maximum Gasteiger partial charge on any atom is 0.263 e. The van der Waals surface area contributed by atoms with Crippen molar-refractivity contribution in [3.63, 3.8) is 0 Å². The van der Waals surface area contributed by atoms with Crippen LogP contribution in [0.15, 0.2) is 16.7 Å². The smallest absolute Gasteiger partial charge is 0.263 e. The van der Waals surface area contributed by atoms with Crippen molar-refractivity contribution in [2.24, 2.45) is 0 Å². The molecular weight excluding hydrogens is 288 g/mol. The van der Waals surface area contributed by atoms with E-state index in [4.69, 9.17) is 14.0 Å². The summed E-state index contributed by atoms with van der Waals surface area (Å²) < 4.78 is 15.3. The van der Waals surface area contributed by atoms with Crippen molar-refractivity contribution in [3.8, 4) is 5.88 Å². The van der Waals surface area contributed by atoms with Gasteiger partial charge in [0.05, 0.1) is 12.3 Å². The van der Waals surface area contributed by atoms with E-state index in [-0.39, 0.29) is 12.5 Å². The summed E-state index contributed by atoms with van der Waals surface area (Å²) in [5.74, 6) is 1.59. The van der Waals surface area contributed by atoms with Crippen LogP contribution in [0.5, 0.6) is 5.88 Å². The van der Waals surface area contributed by atoms with Crippen LogP contribution in [0.25, 0.3) is 0 Å². The number of rotatable bonds is 7. The van der Waals surface area contributed by atoms with Gasteiger partial charge in [-0.15, -0.1) is 0 Å². The molecule has 0 unspecified atom stereocenters. The number of anilines is 1. The molecule has 0 aromatic carbocycles. The number of methoxy groups -OCH3 is 1. The Balaban J connectivity index is 1.95. The molecule has 2 heterocycles. The third-order valence-electron chi connectivity index (χ3n) is 2.66. The van der Waals surface area contributed by atoms with Gasteiger partial charge < -0.3 is 19.3 Å². The summed E-state index contributed by atoms with van der Waals surface area (Å²) in [6.45, 7) is 3.85. The quantitative estimate of drug-likeness (QED) is 0.827. The first-order chi connectivity index (χ1) is 10.6. The van der Waals surface area contributed by atoms with Gasteiger partial charge in [0.2, 0.25) is 5.88 Å². The van der Waals surface area contributed by atoms with Gasteiger partial charge in [0.15, 0.2) is 12.4 Å². The molecule has 0 aliphatic heterocycles. The highest BCUT2D eigenvalue weighted by Gasteiger charge is 2.09. The summed E-state index contributed by atoms with van der Waals surface area (Å²) >= 11 is 0. The first-order valence-electron chi connectivity index (χ1n) is 6.82. The van der Waals surface area contributed by atoms with Gasteiger partial charge in [-0.2, -0.15) is 4.98 Å². The van der Waals surface area contributed by atoms with Gasteiger partial charge in [0.25, 0.3) is 5.91 Å². The van der Waals surface area contributed by atoms with Crippen molar-refractivity contribution < 1.29 is 18.8 Å². The summed E-state index contributed by atoms with van der Waals surface area (Å²) in [4.78, 5) is 20.3. The highest BCUT2D eigenvalue weighted by atomic mass is 16.5. The van der Waals surface area contributed by atoms with Crippen LogP contribution in [0.3, 0.4) is 0 Å². The van der Waals surface area contributed by atoms with Crippen molar-refractivity contribution in [1.82, 2.24) is 15.1 Å². The lowest BCUT2D eigenvalue weighted by atomic mass is 10.3. The van der Waals surface area contributed by atoms with Crippen LogP contribution < -0.4 is 10.1 Å². The van der Waals surface area contributed by atoms with E-state index in [9.17, 15) is 4.79 Å². The highest BCUT2D eigenvalue weighted by molar-refractivity contribution is 5.90. The Labute approximate surface area is 127 Å². The molecule has 0 fully saturated rings. The molecular formula is C14H18N4O4. The fraction of sp³-hybridized carbons (Fsp3) is 0.429. The Hall–Kier alpha value is -2.48. The summed E-state index contributed by atoms with van der Waals surface area (Å²) in [5.41, 5.74) is 0.705. The zero-order valence-electron chi connectivity index (χ0n) is 12.8. The lowest BCUT2D eigenvalue weighted by Crippen LogP contribution is -2.21. The molecule has 118 valence electrons. The molecule has 8 nitrogen and oxygen atoms in total. The second-order valence-electron chi connectivity index (χ2n) is 4.56. The van der Waals surface area contributed by atoms with Crippen LogP contribution >= 0.6 is 0 Å². The Morgan fingerprint density at radius 2 is 2.18 bits per heavy atom. The summed E-state index contributed by atoms with van der Waals surface area (Å²) in [5, 5.41) is 6.24. The second kappa shape index (κ2) is 7.51. The van der Waals surface area contributed by atoms with E-state index < -0.39 is 0 Å². The molecule has 8 heteroatoms. The van der Waals surface area contributed by atoms with E-state index in [1.165, 1.54) is 0 Å². The number of carbonyl (C=O) groups is 1. The fourth-order valence-corrected chi connectivity index (χ4v) is 1.72. The van der Waals surface area contributed by atoms with Crippen LogP contribution in [0.4, 0.5) is 5.82 Å². The minimum absolute atomic E-state index is 0.182. The number of amides is 1. The largest absolute Gasteiger partial charge is 0.467 e. The summed E-state index contributed by atoms with van der Waals surface area (Å²) in [6.07, 6.45) is 0.665. The van der Waals surface area contributed by atoms with Crippen molar-refractivity contribution in [1.29, 1.82) is 0 Å². The molecule has 0 aliphatic carbocycles. The molecule has 2 aromatic rings. The van der Waals surface area contributed by atoms with E-state index in [0.717, 1.165) is 0 Å². The van der Waals surface area contributed by atoms with Gasteiger partial charge in [-0.3, -0.25) is 4.79 Å². The summed E-state index contributed by atoms with van der Waals surface area (Å²) in [6, 6.07) is 3.27. The standard InChI is InChI=1S/C14H18N4O4/c1-4-11-15-10(7-20-3)6-14(17-11)21-8-13(19)16-12-5-9(2)22-18-12/h5-6H,4,7-8H2,1-3H3,(H,16,18,19).